The Bertz CT molecular complexity index is 1210. The fourth-order valence-corrected chi connectivity index (χ4v) is 8.51. The van der Waals surface area contributed by atoms with Crippen LogP contribution in [-0.2, 0) is 28.1 Å². The number of fused-ring (bicyclic) bond motifs is 2. The lowest BCUT2D eigenvalue weighted by Gasteiger charge is -2.31. The Morgan fingerprint density at radius 3 is 2.57 bits per heavy atom. The molecular weight excluding hydrogens is 463 g/mol. The van der Waals surface area contributed by atoms with E-state index in [1.165, 1.54) is 0 Å². The number of aliphatic hydroxyl groups excluding tert-OH is 1. The monoisotopic (exact) mass is 494 g/mol. The Kier molecular flexibility index (Phi) is 6.10. The van der Waals surface area contributed by atoms with Gasteiger partial charge in [-0.2, -0.15) is 0 Å². The zero-order chi connectivity index (χ0) is 24.8. The molecule has 0 bridgehead atoms. The summed E-state index contributed by atoms with van der Waals surface area (Å²) in [5.41, 5.74) is 1.47. The molecule has 1 aromatic heterocycles. The van der Waals surface area contributed by atoms with Crippen molar-refractivity contribution in [2.24, 2.45) is 5.92 Å². The van der Waals surface area contributed by atoms with Crippen LogP contribution in [0, 0.1) is 5.92 Å². The molecule has 0 saturated carbocycles. The van der Waals surface area contributed by atoms with Crippen LogP contribution in [0.1, 0.15) is 24.6 Å². The van der Waals surface area contributed by atoms with Gasteiger partial charge in [0.1, 0.15) is 0 Å². The Balaban J connectivity index is 1.52. The molecule has 1 N–H and O–H groups in total. The number of nitrogens with zero attached hydrogens (tertiary/aromatic N) is 4. The number of rotatable bonds is 7. The highest BCUT2D eigenvalue weighted by atomic mass is 28.4. The van der Waals surface area contributed by atoms with Crippen LogP contribution < -0.4 is 4.90 Å². The van der Waals surface area contributed by atoms with Gasteiger partial charge in [-0.15, -0.1) is 5.10 Å². The Morgan fingerprint density at radius 1 is 1.14 bits per heavy atom. The molecule has 2 aromatic carbocycles. The van der Waals surface area contributed by atoms with Crippen molar-refractivity contribution in [2.75, 3.05) is 11.5 Å². The standard InChI is InChI=1S/C26H31FN4O3Si/c1-18-24(35(2,3)27)23(13-15-30-17-19(14-16-32)28-29-30)34-26(18)21-11-7-8-12-22(21)31(25(26)33)20-9-5-4-6-10-20/h4-12,17-18,23-24,32H,13-16H2,1-3H3/t18-,23+,24-,26+/m0/s1. The minimum Gasteiger partial charge on any atom is -0.396 e. The summed E-state index contributed by atoms with van der Waals surface area (Å²) in [4.78, 5) is 15.9. The van der Waals surface area contributed by atoms with Gasteiger partial charge in [-0.3, -0.25) is 14.4 Å². The highest BCUT2D eigenvalue weighted by Crippen LogP contribution is 2.61. The van der Waals surface area contributed by atoms with Gasteiger partial charge < -0.3 is 14.0 Å². The summed E-state index contributed by atoms with van der Waals surface area (Å²) in [7, 11) is -3.22. The third-order valence-electron chi connectivity index (χ3n) is 7.39. The zero-order valence-electron chi connectivity index (χ0n) is 20.3. The number of para-hydroxylation sites is 2. The SMILES string of the molecule is C[C@H]1[C@H]([Si](C)(C)F)[C@@H](CCn2cc(CCO)nn2)O[C@]12C(=O)N(c1ccccc1)c1ccccc12. The molecule has 1 saturated heterocycles. The van der Waals surface area contributed by atoms with Gasteiger partial charge in [-0.25, -0.2) is 0 Å². The minimum absolute atomic E-state index is 0.00755. The summed E-state index contributed by atoms with van der Waals surface area (Å²) >= 11 is 0. The van der Waals surface area contributed by atoms with Crippen molar-refractivity contribution in [1.82, 2.24) is 15.0 Å². The van der Waals surface area contributed by atoms with Gasteiger partial charge >= 0.3 is 0 Å². The minimum atomic E-state index is -3.22. The van der Waals surface area contributed by atoms with Crippen molar-refractivity contribution >= 4 is 25.7 Å². The molecule has 3 aromatic rings. The molecule has 7 nitrogen and oxygen atoms in total. The number of aliphatic hydroxyl groups is 1. The first kappa shape index (κ1) is 23.8. The van der Waals surface area contributed by atoms with Gasteiger partial charge in [0.05, 0.1) is 17.5 Å². The second kappa shape index (κ2) is 8.96. The van der Waals surface area contributed by atoms with Crippen molar-refractivity contribution in [3.8, 4) is 0 Å². The van der Waals surface area contributed by atoms with Crippen LogP contribution in [0.2, 0.25) is 18.6 Å². The second-order valence-electron chi connectivity index (χ2n) is 10.00. The van der Waals surface area contributed by atoms with E-state index in [0.717, 1.165) is 16.9 Å². The fourth-order valence-electron chi connectivity index (χ4n) is 5.97. The van der Waals surface area contributed by atoms with Crippen molar-refractivity contribution in [2.45, 2.75) is 56.7 Å². The van der Waals surface area contributed by atoms with Crippen LogP contribution in [0.5, 0.6) is 0 Å². The van der Waals surface area contributed by atoms with Crippen molar-refractivity contribution in [1.29, 1.82) is 0 Å². The van der Waals surface area contributed by atoms with E-state index in [2.05, 4.69) is 10.3 Å². The maximum Gasteiger partial charge on any atom is 0.268 e. The molecule has 5 rings (SSSR count). The molecule has 35 heavy (non-hydrogen) atoms. The van der Waals surface area contributed by atoms with Gasteiger partial charge in [0.15, 0.2) is 5.60 Å². The molecule has 1 fully saturated rings. The topological polar surface area (TPSA) is 80.5 Å². The van der Waals surface area contributed by atoms with Crippen LogP contribution >= 0.6 is 0 Å². The number of anilines is 2. The summed E-state index contributed by atoms with van der Waals surface area (Å²) in [6.07, 6.45) is 2.31. The Labute approximate surface area is 205 Å². The van der Waals surface area contributed by atoms with Gasteiger partial charge in [0.2, 0.25) is 8.41 Å². The second-order valence-corrected chi connectivity index (χ2v) is 13.8. The van der Waals surface area contributed by atoms with Crippen LogP contribution in [0.3, 0.4) is 0 Å². The number of halogens is 1. The fraction of sp³-hybridized carbons (Fsp3) is 0.423. The molecule has 3 heterocycles. The number of amides is 1. The quantitative estimate of drug-likeness (QED) is 0.390. The molecule has 1 amide bonds. The van der Waals surface area contributed by atoms with Crippen molar-refractivity contribution in [3.05, 3.63) is 72.1 Å². The van der Waals surface area contributed by atoms with E-state index in [1.807, 2.05) is 61.5 Å². The number of aryl methyl sites for hydroxylation is 1. The van der Waals surface area contributed by atoms with E-state index in [0.29, 0.717) is 25.1 Å². The van der Waals surface area contributed by atoms with Crippen molar-refractivity contribution < 1.29 is 18.7 Å². The molecule has 4 atom stereocenters. The molecular formula is C26H31FN4O3Si. The summed E-state index contributed by atoms with van der Waals surface area (Å²) in [6.45, 7) is 5.88. The van der Waals surface area contributed by atoms with E-state index < -0.39 is 20.1 Å². The Morgan fingerprint density at radius 2 is 1.86 bits per heavy atom. The van der Waals surface area contributed by atoms with Crippen LogP contribution in [0.25, 0.3) is 0 Å². The van der Waals surface area contributed by atoms with E-state index in [-0.39, 0.29) is 24.0 Å². The van der Waals surface area contributed by atoms with Gasteiger partial charge in [0, 0.05) is 48.5 Å². The summed E-state index contributed by atoms with van der Waals surface area (Å²) in [6, 6.07) is 17.2. The first-order chi connectivity index (χ1) is 16.8. The zero-order valence-corrected chi connectivity index (χ0v) is 21.3. The summed E-state index contributed by atoms with van der Waals surface area (Å²) < 4.78 is 24.3. The summed E-state index contributed by atoms with van der Waals surface area (Å²) in [5, 5.41) is 17.4. The van der Waals surface area contributed by atoms with Crippen LogP contribution in [0.4, 0.5) is 15.5 Å². The van der Waals surface area contributed by atoms with Crippen LogP contribution in [-0.4, -0.2) is 47.1 Å². The molecule has 184 valence electrons. The Hall–Kier alpha value is -2.88. The molecule has 0 radical (unpaired) electrons. The van der Waals surface area contributed by atoms with E-state index in [9.17, 15) is 4.79 Å². The third kappa shape index (κ3) is 3.91. The normalized spacial score (nSPS) is 26.0. The van der Waals surface area contributed by atoms with Crippen molar-refractivity contribution in [3.63, 3.8) is 0 Å². The predicted octanol–water partition coefficient (Wildman–Crippen LogP) is 4.36. The van der Waals surface area contributed by atoms with E-state index in [4.69, 9.17) is 9.84 Å². The highest BCUT2D eigenvalue weighted by molar-refractivity contribution is 6.72. The number of hydrogen-bond acceptors (Lipinski definition) is 5. The van der Waals surface area contributed by atoms with E-state index >= 15 is 4.11 Å². The molecule has 0 unspecified atom stereocenters. The number of benzene rings is 2. The maximum absolute atomic E-state index is 15.9. The average Bonchev–Trinajstić information content (AvgIpc) is 3.47. The van der Waals surface area contributed by atoms with Crippen LogP contribution in [0.15, 0.2) is 60.8 Å². The number of carbonyl (C=O) groups excluding carboxylic acids is 1. The number of carbonyl (C=O) groups is 1. The summed E-state index contributed by atoms with van der Waals surface area (Å²) in [5.74, 6) is -0.489. The lowest BCUT2D eigenvalue weighted by Crippen LogP contribution is -2.44. The first-order valence-corrected chi connectivity index (χ1v) is 15.1. The third-order valence-corrected chi connectivity index (χ3v) is 9.84. The predicted molar refractivity (Wildman–Crippen MR) is 134 cm³/mol. The lowest BCUT2D eigenvalue weighted by atomic mass is 9.82. The number of aromatic nitrogens is 3. The van der Waals surface area contributed by atoms with Gasteiger partial charge in [-0.05, 0) is 37.7 Å². The largest absolute Gasteiger partial charge is 0.396 e. The first-order valence-electron chi connectivity index (χ1n) is 12.1. The number of ether oxygens (including phenoxy) is 1. The average molecular weight is 495 g/mol. The lowest BCUT2D eigenvalue weighted by molar-refractivity contribution is -0.145. The number of hydrogen-bond donors (Lipinski definition) is 1. The molecule has 9 heteroatoms. The molecule has 0 aliphatic carbocycles. The van der Waals surface area contributed by atoms with Gasteiger partial charge in [-0.1, -0.05) is 48.5 Å². The van der Waals surface area contributed by atoms with Gasteiger partial charge in [0.25, 0.3) is 5.91 Å². The molecule has 2 aliphatic heterocycles. The smallest absolute Gasteiger partial charge is 0.268 e. The highest BCUT2D eigenvalue weighted by Gasteiger charge is 2.66. The van der Waals surface area contributed by atoms with E-state index in [1.54, 1.807) is 28.9 Å². The maximum atomic E-state index is 15.9. The molecule has 2 aliphatic rings. The molecule has 1 spiro atoms.